The van der Waals surface area contributed by atoms with Gasteiger partial charge in [-0.25, -0.2) is 16.8 Å². The van der Waals surface area contributed by atoms with Crippen LogP contribution in [0.3, 0.4) is 0 Å². The standard InChI is InChI=1S/C23H24N2O6S2/c1-4-32(27,28)22-11-6-5-10-21(22)24-23(26)17-8-7-9-20(16-17)33(29,30)25(2)18-12-14-19(31-3)15-13-18/h5-16H,4H2,1-3H3,(H,24,26). The zero-order valence-corrected chi connectivity index (χ0v) is 20.0. The minimum Gasteiger partial charge on any atom is -0.497 e. The Labute approximate surface area is 193 Å². The Balaban J connectivity index is 1.90. The van der Waals surface area contributed by atoms with Crippen LogP contribution in [-0.2, 0) is 19.9 Å². The molecule has 33 heavy (non-hydrogen) atoms. The van der Waals surface area contributed by atoms with Crippen molar-refractivity contribution < 1.29 is 26.4 Å². The number of amides is 1. The number of nitrogens with zero attached hydrogens (tertiary/aromatic N) is 1. The zero-order chi connectivity index (χ0) is 24.2. The molecule has 8 nitrogen and oxygen atoms in total. The van der Waals surface area contributed by atoms with E-state index < -0.39 is 25.8 Å². The number of sulfone groups is 1. The Morgan fingerprint density at radius 2 is 1.61 bits per heavy atom. The molecule has 0 aromatic heterocycles. The number of carbonyl (C=O) groups excluding carboxylic acids is 1. The molecule has 1 N–H and O–H groups in total. The van der Waals surface area contributed by atoms with Crippen LogP contribution >= 0.6 is 0 Å². The number of methoxy groups -OCH3 is 1. The maximum atomic E-state index is 13.1. The normalized spacial score (nSPS) is 11.6. The number of rotatable bonds is 8. The molecule has 0 aliphatic rings. The van der Waals surface area contributed by atoms with Gasteiger partial charge in [0.25, 0.3) is 15.9 Å². The molecular weight excluding hydrogens is 464 g/mol. The lowest BCUT2D eigenvalue weighted by molar-refractivity contribution is 0.102. The van der Waals surface area contributed by atoms with E-state index in [0.717, 1.165) is 4.31 Å². The summed E-state index contributed by atoms with van der Waals surface area (Å²) >= 11 is 0. The van der Waals surface area contributed by atoms with Gasteiger partial charge in [-0.3, -0.25) is 9.10 Å². The third-order valence-corrected chi connectivity index (χ3v) is 8.61. The van der Waals surface area contributed by atoms with E-state index in [4.69, 9.17) is 4.74 Å². The van der Waals surface area contributed by atoms with Gasteiger partial charge in [0, 0.05) is 12.6 Å². The van der Waals surface area contributed by atoms with Gasteiger partial charge < -0.3 is 10.1 Å². The van der Waals surface area contributed by atoms with Crippen LogP contribution in [0.25, 0.3) is 0 Å². The number of benzene rings is 3. The van der Waals surface area contributed by atoms with Crippen molar-refractivity contribution in [1.82, 2.24) is 0 Å². The SMILES string of the molecule is CCS(=O)(=O)c1ccccc1NC(=O)c1cccc(S(=O)(=O)N(C)c2ccc(OC)cc2)c1. The smallest absolute Gasteiger partial charge is 0.264 e. The van der Waals surface area contributed by atoms with E-state index in [1.165, 1.54) is 57.5 Å². The predicted molar refractivity (Wildman–Crippen MR) is 127 cm³/mol. The van der Waals surface area contributed by atoms with Crippen molar-refractivity contribution in [2.75, 3.05) is 29.5 Å². The van der Waals surface area contributed by atoms with Crippen molar-refractivity contribution in [3.05, 3.63) is 78.4 Å². The van der Waals surface area contributed by atoms with Gasteiger partial charge in [-0.1, -0.05) is 25.1 Å². The summed E-state index contributed by atoms with van der Waals surface area (Å²) in [7, 11) is -4.59. The van der Waals surface area contributed by atoms with Crippen molar-refractivity contribution in [2.24, 2.45) is 0 Å². The molecule has 0 aliphatic carbocycles. The van der Waals surface area contributed by atoms with Crippen LogP contribution in [0.2, 0.25) is 0 Å². The molecule has 174 valence electrons. The average Bonchev–Trinajstić information content (AvgIpc) is 2.84. The lowest BCUT2D eigenvalue weighted by Gasteiger charge is -2.20. The number of hydrogen-bond acceptors (Lipinski definition) is 6. The Morgan fingerprint density at radius 3 is 2.24 bits per heavy atom. The van der Waals surface area contributed by atoms with Crippen molar-refractivity contribution in [3.63, 3.8) is 0 Å². The fourth-order valence-corrected chi connectivity index (χ4v) is 5.37. The quantitative estimate of drug-likeness (QED) is 0.519. The monoisotopic (exact) mass is 488 g/mol. The third-order valence-electron chi connectivity index (χ3n) is 5.04. The van der Waals surface area contributed by atoms with Crippen LogP contribution in [0.15, 0.2) is 82.6 Å². The molecule has 0 fully saturated rings. The van der Waals surface area contributed by atoms with Crippen LogP contribution < -0.4 is 14.4 Å². The molecular formula is C23H24N2O6S2. The van der Waals surface area contributed by atoms with Gasteiger partial charge in [0.1, 0.15) is 5.75 Å². The number of carbonyl (C=O) groups is 1. The molecule has 1 amide bonds. The van der Waals surface area contributed by atoms with E-state index in [-0.39, 0.29) is 26.8 Å². The van der Waals surface area contributed by atoms with E-state index >= 15 is 0 Å². The van der Waals surface area contributed by atoms with Crippen molar-refractivity contribution in [2.45, 2.75) is 16.7 Å². The summed E-state index contributed by atoms with van der Waals surface area (Å²) in [4.78, 5) is 12.8. The third kappa shape index (κ3) is 5.18. The van der Waals surface area contributed by atoms with Gasteiger partial charge in [-0.05, 0) is 54.6 Å². The molecule has 0 heterocycles. The van der Waals surface area contributed by atoms with E-state index in [1.54, 1.807) is 36.4 Å². The summed E-state index contributed by atoms with van der Waals surface area (Å²) in [6.45, 7) is 1.52. The summed E-state index contributed by atoms with van der Waals surface area (Å²) in [5.41, 5.74) is 0.625. The molecule has 0 aliphatic heterocycles. The number of hydrogen-bond donors (Lipinski definition) is 1. The van der Waals surface area contributed by atoms with Crippen LogP contribution in [0.1, 0.15) is 17.3 Å². The number of ether oxygens (including phenoxy) is 1. The van der Waals surface area contributed by atoms with E-state index in [9.17, 15) is 21.6 Å². The maximum Gasteiger partial charge on any atom is 0.264 e. The van der Waals surface area contributed by atoms with Crippen LogP contribution in [-0.4, -0.2) is 42.7 Å². The van der Waals surface area contributed by atoms with Crippen molar-refractivity contribution >= 4 is 37.1 Å². The fraction of sp³-hybridized carbons (Fsp3) is 0.174. The molecule has 0 saturated carbocycles. The summed E-state index contributed by atoms with van der Waals surface area (Å²) in [6, 6.07) is 18.1. The second kappa shape index (κ2) is 9.63. The second-order valence-electron chi connectivity index (χ2n) is 7.05. The summed E-state index contributed by atoms with van der Waals surface area (Å²) in [5.74, 6) is -0.155. The van der Waals surface area contributed by atoms with Gasteiger partial charge in [0.05, 0.1) is 34.0 Å². The van der Waals surface area contributed by atoms with Crippen LogP contribution in [0, 0.1) is 0 Å². The van der Waals surface area contributed by atoms with Crippen LogP contribution in [0.4, 0.5) is 11.4 Å². The molecule has 0 spiro atoms. The lowest BCUT2D eigenvalue weighted by Crippen LogP contribution is -2.27. The van der Waals surface area contributed by atoms with Gasteiger partial charge in [-0.15, -0.1) is 0 Å². The Kier molecular flexibility index (Phi) is 7.09. The Hall–Kier alpha value is -3.37. The zero-order valence-electron chi connectivity index (χ0n) is 18.3. The minimum atomic E-state index is -3.96. The molecule has 0 saturated heterocycles. The fourth-order valence-electron chi connectivity index (χ4n) is 3.08. The first-order chi connectivity index (χ1) is 15.6. The molecule has 0 radical (unpaired) electrons. The Bertz CT molecular complexity index is 1370. The Morgan fingerprint density at radius 1 is 0.939 bits per heavy atom. The highest BCUT2D eigenvalue weighted by Crippen LogP contribution is 2.26. The van der Waals surface area contributed by atoms with Gasteiger partial charge >= 0.3 is 0 Å². The summed E-state index contributed by atoms with van der Waals surface area (Å²) in [6.07, 6.45) is 0. The first kappa shape index (κ1) is 24.3. The highest BCUT2D eigenvalue weighted by atomic mass is 32.2. The summed E-state index contributed by atoms with van der Waals surface area (Å²) < 4.78 is 57.1. The second-order valence-corrected chi connectivity index (χ2v) is 11.3. The van der Waals surface area contributed by atoms with E-state index in [1.807, 2.05) is 0 Å². The first-order valence-electron chi connectivity index (χ1n) is 9.96. The molecule has 0 bridgehead atoms. The molecule has 3 aromatic rings. The first-order valence-corrected chi connectivity index (χ1v) is 13.1. The number of anilines is 2. The largest absolute Gasteiger partial charge is 0.497 e. The minimum absolute atomic E-state index is 0.00358. The molecule has 0 atom stereocenters. The molecule has 3 rings (SSSR count). The lowest BCUT2D eigenvalue weighted by atomic mass is 10.2. The summed E-state index contributed by atoms with van der Waals surface area (Å²) in [5, 5.41) is 2.58. The number of sulfonamides is 1. The average molecular weight is 489 g/mol. The molecule has 10 heteroatoms. The van der Waals surface area contributed by atoms with Gasteiger partial charge in [0.15, 0.2) is 9.84 Å². The van der Waals surface area contributed by atoms with Crippen LogP contribution in [0.5, 0.6) is 5.75 Å². The number of nitrogens with one attached hydrogen (secondary N) is 1. The highest BCUT2D eigenvalue weighted by molar-refractivity contribution is 7.92. The molecule has 0 unspecified atom stereocenters. The number of para-hydroxylation sites is 1. The highest BCUT2D eigenvalue weighted by Gasteiger charge is 2.23. The van der Waals surface area contributed by atoms with Crippen molar-refractivity contribution in [3.8, 4) is 5.75 Å². The van der Waals surface area contributed by atoms with E-state index in [2.05, 4.69) is 5.32 Å². The molecule has 3 aromatic carbocycles. The topological polar surface area (TPSA) is 110 Å². The van der Waals surface area contributed by atoms with Gasteiger partial charge in [0.2, 0.25) is 0 Å². The maximum absolute atomic E-state index is 13.1. The van der Waals surface area contributed by atoms with Gasteiger partial charge in [-0.2, -0.15) is 0 Å². The predicted octanol–water partition coefficient (Wildman–Crippen LogP) is 3.57. The van der Waals surface area contributed by atoms with E-state index in [0.29, 0.717) is 11.4 Å². The van der Waals surface area contributed by atoms with Crippen molar-refractivity contribution in [1.29, 1.82) is 0 Å².